The zero-order valence-corrected chi connectivity index (χ0v) is 25.0. The van der Waals surface area contributed by atoms with E-state index in [0.29, 0.717) is 50.1 Å². The molecule has 0 spiro atoms. The van der Waals surface area contributed by atoms with Gasteiger partial charge in [0.05, 0.1) is 30.9 Å². The number of nitrogens with one attached hydrogen (secondary N) is 1. The van der Waals surface area contributed by atoms with Crippen LogP contribution in [-0.4, -0.2) is 77.9 Å². The van der Waals surface area contributed by atoms with Crippen LogP contribution in [0.1, 0.15) is 56.1 Å². The molecule has 10 heteroatoms. The quantitative estimate of drug-likeness (QED) is 0.360. The normalized spacial score (nSPS) is 16.1. The summed E-state index contributed by atoms with van der Waals surface area (Å²) in [5.41, 5.74) is 3.73. The molecule has 1 saturated heterocycles. The van der Waals surface area contributed by atoms with E-state index in [-0.39, 0.29) is 24.6 Å². The number of methoxy groups -OCH3 is 1. The topological polar surface area (TPSA) is 88.9 Å². The fourth-order valence-electron chi connectivity index (χ4n) is 5.01. The average molecular weight is 572 g/mol. The molecule has 1 aromatic heterocycles. The fraction of sp³-hybridized carbons (Fsp3) is 0.500. The summed E-state index contributed by atoms with van der Waals surface area (Å²) >= 11 is 6.56. The summed E-state index contributed by atoms with van der Waals surface area (Å²) in [4.78, 5) is 33.7. The van der Waals surface area contributed by atoms with Gasteiger partial charge in [-0.05, 0) is 48.1 Å². The number of imidazole rings is 1. The van der Waals surface area contributed by atoms with Crippen molar-refractivity contribution < 1.29 is 19.1 Å². The van der Waals surface area contributed by atoms with Gasteiger partial charge in [0.1, 0.15) is 6.61 Å². The van der Waals surface area contributed by atoms with Crippen molar-refractivity contribution in [2.24, 2.45) is 13.0 Å². The molecule has 0 bridgehead atoms. The lowest BCUT2D eigenvalue weighted by Gasteiger charge is -2.40. The third-order valence-corrected chi connectivity index (χ3v) is 7.22. The van der Waals surface area contributed by atoms with Gasteiger partial charge in [-0.15, -0.1) is 6.58 Å². The van der Waals surface area contributed by atoms with Gasteiger partial charge in [-0.25, -0.2) is 9.78 Å². The molecule has 2 unspecified atom stereocenters. The van der Waals surface area contributed by atoms with Crippen LogP contribution < -0.4 is 5.32 Å². The minimum atomic E-state index is -0.477. The molecule has 1 aliphatic rings. The van der Waals surface area contributed by atoms with E-state index >= 15 is 0 Å². The molecule has 9 nitrogen and oxygen atoms in total. The molecular formula is C30H42ClN5O4. The van der Waals surface area contributed by atoms with Crippen molar-refractivity contribution in [1.82, 2.24) is 24.7 Å². The summed E-state index contributed by atoms with van der Waals surface area (Å²) in [7, 11) is 3.39. The van der Waals surface area contributed by atoms with Crippen LogP contribution in [0.15, 0.2) is 49.5 Å². The van der Waals surface area contributed by atoms with E-state index in [0.717, 1.165) is 22.4 Å². The second kappa shape index (κ2) is 15.0. The molecule has 2 amide bonds. The highest BCUT2D eigenvalue weighted by atomic mass is 35.5. The largest absolute Gasteiger partial charge is 0.449 e. The molecule has 1 aromatic carbocycles. The molecule has 2 heterocycles. The number of amides is 2. The Kier molecular flexibility index (Phi) is 11.8. The highest BCUT2D eigenvalue weighted by Gasteiger charge is 2.31. The first-order valence-corrected chi connectivity index (χ1v) is 14.0. The van der Waals surface area contributed by atoms with Crippen molar-refractivity contribution in [3.63, 3.8) is 0 Å². The number of allylic oxidation sites excluding steroid dienone is 1. The Balaban J connectivity index is 1.95. The second-order valence-electron chi connectivity index (χ2n) is 10.4. The third-order valence-electron chi connectivity index (χ3n) is 6.98. The summed E-state index contributed by atoms with van der Waals surface area (Å²) in [5, 5.41) is 3.72. The maximum Gasteiger partial charge on any atom is 0.409 e. The van der Waals surface area contributed by atoms with E-state index < -0.39 is 6.04 Å². The number of hydrogen-bond donors (Lipinski definition) is 1. The first kappa shape index (κ1) is 31.4. The van der Waals surface area contributed by atoms with Gasteiger partial charge in [-0.1, -0.05) is 43.7 Å². The van der Waals surface area contributed by atoms with E-state index in [1.54, 1.807) is 17.4 Å². The smallest absolute Gasteiger partial charge is 0.409 e. The maximum absolute atomic E-state index is 12.7. The third kappa shape index (κ3) is 7.96. The van der Waals surface area contributed by atoms with Crippen LogP contribution in [0.2, 0.25) is 5.02 Å². The molecule has 0 aliphatic carbocycles. The lowest BCUT2D eigenvalue weighted by Crippen LogP contribution is -2.50. The molecular weight excluding hydrogens is 530 g/mol. The predicted octanol–water partition coefficient (Wildman–Crippen LogP) is 5.01. The Morgan fingerprint density at radius 1 is 1.23 bits per heavy atom. The van der Waals surface area contributed by atoms with Gasteiger partial charge in [-0.2, -0.15) is 0 Å². The molecule has 0 radical (unpaired) electrons. The monoisotopic (exact) mass is 571 g/mol. The van der Waals surface area contributed by atoms with Gasteiger partial charge in [-0.3, -0.25) is 9.69 Å². The van der Waals surface area contributed by atoms with E-state index in [1.807, 2.05) is 56.7 Å². The van der Waals surface area contributed by atoms with Crippen molar-refractivity contribution in [2.45, 2.75) is 39.3 Å². The van der Waals surface area contributed by atoms with Crippen molar-refractivity contribution >= 4 is 29.2 Å². The zero-order chi connectivity index (χ0) is 29.2. The number of hydrogen-bond acceptors (Lipinski definition) is 6. The number of ether oxygens (including phenoxy) is 2. The zero-order valence-electron chi connectivity index (χ0n) is 24.2. The van der Waals surface area contributed by atoms with Crippen molar-refractivity contribution in [2.75, 3.05) is 46.5 Å². The SMILES string of the molecule is C=CCC(c1ccc(Cl)cc1/C(=C\C)C(NC(=O)COC)c1cncn1C)N1CCN(C(=O)OCC(C)C)CC1. The lowest BCUT2D eigenvalue weighted by atomic mass is 9.87. The van der Waals surface area contributed by atoms with E-state index in [4.69, 9.17) is 21.1 Å². The van der Waals surface area contributed by atoms with E-state index in [2.05, 4.69) is 27.8 Å². The molecule has 3 rings (SSSR count). The van der Waals surface area contributed by atoms with Gasteiger partial charge >= 0.3 is 6.09 Å². The van der Waals surface area contributed by atoms with Gasteiger partial charge < -0.3 is 24.3 Å². The maximum atomic E-state index is 12.7. The van der Waals surface area contributed by atoms with Crippen LogP contribution in [-0.2, 0) is 21.3 Å². The van der Waals surface area contributed by atoms with Crippen LogP contribution >= 0.6 is 11.6 Å². The van der Waals surface area contributed by atoms with Gasteiger partial charge in [0, 0.05) is 51.4 Å². The highest BCUT2D eigenvalue weighted by Crippen LogP contribution is 2.38. The minimum Gasteiger partial charge on any atom is -0.449 e. The highest BCUT2D eigenvalue weighted by molar-refractivity contribution is 6.30. The van der Waals surface area contributed by atoms with Crippen LogP contribution in [0.25, 0.3) is 5.57 Å². The molecule has 1 aliphatic heterocycles. The van der Waals surface area contributed by atoms with Crippen molar-refractivity contribution in [3.05, 3.63) is 71.3 Å². The number of halogens is 1. The number of carbonyl (C=O) groups excluding carboxylic acids is 2. The van der Waals surface area contributed by atoms with Crippen LogP contribution in [0.5, 0.6) is 0 Å². The first-order valence-electron chi connectivity index (χ1n) is 13.7. The average Bonchev–Trinajstić information content (AvgIpc) is 3.36. The predicted molar refractivity (Wildman–Crippen MR) is 158 cm³/mol. The van der Waals surface area contributed by atoms with Gasteiger partial charge in [0.15, 0.2) is 0 Å². The summed E-state index contributed by atoms with van der Waals surface area (Å²) in [6.07, 6.45) is 7.83. The molecule has 218 valence electrons. The Morgan fingerprint density at radius 2 is 1.95 bits per heavy atom. The molecule has 1 fully saturated rings. The second-order valence-corrected chi connectivity index (χ2v) is 10.8. The fourth-order valence-corrected chi connectivity index (χ4v) is 5.19. The summed E-state index contributed by atoms with van der Waals surface area (Å²) in [6, 6.07) is 5.42. The van der Waals surface area contributed by atoms with Gasteiger partial charge in [0.25, 0.3) is 0 Å². The number of carbonyl (C=O) groups is 2. The Hall–Kier alpha value is -3.14. The standard InChI is InChI=1S/C30H42ClN5O4/c1-7-9-26(35-12-14-36(15-13-35)30(38)40-18-21(3)4)24-11-10-22(31)16-25(24)23(8-2)29(33-28(37)19-39-6)27-17-32-20-34(27)5/h7-8,10-11,16-17,20-21,26,29H,1,9,12-15,18-19H2,2-6H3,(H,33,37)/b23-8+. The minimum absolute atomic E-state index is 0.00425. The Labute approximate surface area is 242 Å². The molecule has 40 heavy (non-hydrogen) atoms. The van der Waals surface area contributed by atoms with Crippen LogP contribution in [0.4, 0.5) is 4.79 Å². The summed E-state index contributed by atoms with van der Waals surface area (Å²) in [5.74, 6) is 0.0561. The molecule has 2 aromatic rings. The van der Waals surface area contributed by atoms with Crippen molar-refractivity contribution in [1.29, 1.82) is 0 Å². The Bertz CT molecular complexity index is 1190. The number of rotatable bonds is 12. The summed E-state index contributed by atoms with van der Waals surface area (Å²) in [6.45, 7) is 12.9. The number of benzene rings is 1. The molecule has 1 N–H and O–H groups in total. The first-order chi connectivity index (χ1) is 19.2. The number of aromatic nitrogens is 2. The number of aryl methyl sites for hydroxylation is 1. The van der Waals surface area contributed by atoms with Crippen LogP contribution in [0, 0.1) is 5.92 Å². The van der Waals surface area contributed by atoms with E-state index in [9.17, 15) is 9.59 Å². The van der Waals surface area contributed by atoms with E-state index in [1.165, 1.54) is 7.11 Å². The van der Waals surface area contributed by atoms with Gasteiger partial charge in [0.2, 0.25) is 5.91 Å². The van der Waals surface area contributed by atoms with Crippen LogP contribution in [0.3, 0.4) is 0 Å². The summed E-state index contributed by atoms with van der Waals surface area (Å²) < 4.78 is 12.4. The number of piperazine rings is 1. The number of nitrogens with zero attached hydrogens (tertiary/aromatic N) is 4. The van der Waals surface area contributed by atoms with Crippen molar-refractivity contribution in [3.8, 4) is 0 Å². The molecule has 0 saturated carbocycles. The molecule has 2 atom stereocenters. The lowest BCUT2D eigenvalue weighted by molar-refractivity contribution is -0.125. The Morgan fingerprint density at radius 3 is 2.52 bits per heavy atom.